The maximum atomic E-state index is 13.7. The summed E-state index contributed by atoms with van der Waals surface area (Å²) >= 11 is 25.2. The minimum atomic E-state index is -1.69. The van der Waals surface area contributed by atoms with Gasteiger partial charge in [-0.25, -0.2) is 0 Å². The summed E-state index contributed by atoms with van der Waals surface area (Å²) in [5, 5.41) is 33.5. The predicted molar refractivity (Wildman–Crippen MR) is 301 cm³/mol. The molecular weight excluding hydrogens is 1140 g/mol. The molecule has 0 aliphatic heterocycles. The van der Waals surface area contributed by atoms with E-state index in [1.54, 1.807) is 41.5 Å². The van der Waals surface area contributed by atoms with Crippen LogP contribution in [0.3, 0.4) is 0 Å². The number of primary amides is 1. The lowest BCUT2D eigenvalue weighted by Gasteiger charge is -2.24. The van der Waals surface area contributed by atoms with Crippen LogP contribution in [0.25, 0.3) is 0 Å². The van der Waals surface area contributed by atoms with Crippen LogP contribution in [0.2, 0.25) is 20.1 Å². The van der Waals surface area contributed by atoms with E-state index in [0.29, 0.717) is 24.0 Å². The molecule has 3 aromatic carbocycles. The third-order valence-electron chi connectivity index (χ3n) is 11.8. The Balaban J connectivity index is 1.72. The van der Waals surface area contributed by atoms with Crippen LogP contribution in [0.1, 0.15) is 122 Å². The second kappa shape index (κ2) is 32.1. The minimum Gasteiger partial charge on any atom is -0.482 e. The van der Waals surface area contributed by atoms with E-state index in [1.165, 1.54) is 42.5 Å². The van der Waals surface area contributed by atoms with Crippen LogP contribution in [-0.4, -0.2) is 112 Å². The molecule has 0 heterocycles. The van der Waals surface area contributed by atoms with Crippen LogP contribution in [0.4, 0.5) is 0 Å². The SMILES string of the molecule is C=C(CC)C(=O)c1ccc(OCC(=O)N[C@@H](CC(=O)O)C(=O)N[C@@H](CC(C)C)C(=O)NCc2cc(CNC(=O)[C@H](CC(C)C)NC(=O)[C@H](CC(=O)O)NC(=O)COc3ccc(C(=O)C(=C)CC)c(Cl)c3Cl)cc(C(N)=O)c2)c(Cl)c1Cl. The van der Waals surface area contributed by atoms with Crippen molar-refractivity contribution in [2.75, 3.05) is 13.2 Å². The average Bonchev–Trinajstić information content (AvgIpc) is 3.40. The number of carboxylic acid groups (broad SMARTS) is 2. The highest BCUT2D eigenvalue weighted by Crippen LogP contribution is 2.37. The molecular formula is C55H65Cl4N7O15. The summed E-state index contributed by atoms with van der Waals surface area (Å²) in [6.45, 7) is 15.8. The Hall–Kier alpha value is -7.53. The van der Waals surface area contributed by atoms with Gasteiger partial charge in [0.15, 0.2) is 24.8 Å². The number of carbonyl (C=O) groups excluding carboxylic acids is 9. The molecule has 0 saturated heterocycles. The molecule has 0 bridgehead atoms. The molecule has 3 aromatic rings. The molecule has 0 aliphatic carbocycles. The first-order chi connectivity index (χ1) is 38.0. The highest BCUT2D eigenvalue weighted by molar-refractivity contribution is 6.46. The molecule has 0 radical (unpaired) electrons. The average molecular weight is 1210 g/mol. The lowest BCUT2D eigenvalue weighted by molar-refractivity contribution is -0.141. The molecule has 0 aliphatic rings. The molecule has 22 nitrogen and oxygen atoms in total. The third-order valence-corrected chi connectivity index (χ3v) is 13.5. The Labute approximate surface area is 487 Å². The van der Waals surface area contributed by atoms with Crippen molar-refractivity contribution in [3.63, 3.8) is 0 Å². The number of ketones is 2. The van der Waals surface area contributed by atoms with Crippen LogP contribution in [0.15, 0.2) is 66.8 Å². The molecule has 0 spiro atoms. The van der Waals surface area contributed by atoms with Crippen molar-refractivity contribution in [1.29, 1.82) is 0 Å². The Morgan fingerprint density at radius 3 is 1.20 bits per heavy atom. The molecule has 0 saturated carbocycles. The predicted octanol–water partition coefficient (Wildman–Crippen LogP) is 6.07. The third kappa shape index (κ3) is 21.1. The lowest BCUT2D eigenvalue weighted by atomic mass is 10.0. The minimum absolute atomic E-state index is 0.0241. The van der Waals surface area contributed by atoms with Gasteiger partial charge in [0.1, 0.15) is 45.7 Å². The second-order valence-electron chi connectivity index (χ2n) is 19.3. The molecule has 81 heavy (non-hydrogen) atoms. The number of carboxylic acids is 2. The molecule has 0 aromatic heterocycles. The fourth-order valence-corrected chi connectivity index (χ4v) is 8.47. The summed E-state index contributed by atoms with van der Waals surface area (Å²) in [5.74, 6) is -10.7. The zero-order valence-electron chi connectivity index (χ0n) is 45.3. The Bertz CT molecular complexity index is 2770. The van der Waals surface area contributed by atoms with Gasteiger partial charge in [-0.2, -0.15) is 0 Å². The van der Waals surface area contributed by atoms with E-state index in [2.05, 4.69) is 45.1 Å². The van der Waals surface area contributed by atoms with E-state index in [4.69, 9.17) is 61.6 Å². The number of Topliss-reactive ketones (excluding diaryl/α,β-unsaturated/α-hetero) is 2. The number of aliphatic carboxylic acids is 2. The Morgan fingerprint density at radius 2 is 0.889 bits per heavy atom. The van der Waals surface area contributed by atoms with Gasteiger partial charge in [-0.15, -0.1) is 0 Å². The van der Waals surface area contributed by atoms with Gasteiger partial charge in [-0.3, -0.25) is 52.7 Å². The summed E-state index contributed by atoms with van der Waals surface area (Å²) in [4.78, 5) is 142. The number of rotatable bonds is 33. The molecule has 438 valence electrons. The maximum Gasteiger partial charge on any atom is 0.305 e. The van der Waals surface area contributed by atoms with Crippen molar-refractivity contribution in [3.8, 4) is 11.5 Å². The summed E-state index contributed by atoms with van der Waals surface area (Å²) < 4.78 is 11.0. The standard InChI is InChI=1S/C55H65Cl4N7O15/c1-9-28(7)49(73)33-11-13-39(47(58)45(33)56)80-24-41(67)63-37(20-43(69)70)54(78)65-35(15-26(3)4)52(76)61-22-30-17-31(19-32(18-30)51(60)75)23-62-53(77)36(16-27(5)6)66-55(79)38(21-44(71)72)64-42(68)25-81-40-14-12-34(46(57)48(40)59)50(74)29(8)10-2/h11-14,17-19,26-27,35-38H,7-10,15-16,20-25H2,1-6H3,(H2,60,75)(H,61,76)(H,62,77)(H,63,67)(H,64,68)(H,65,78)(H,66,79)(H,69,70)(H,71,72)/t35-,36-,37-,38-/m0/s1. The quantitative estimate of drug-likeness (QED) is 0.0247. The Morgan fingerprint density at radius 1 is 0.531 bits per heavy atom. The number of hydrogen-bond donors (Lipinski definition) is 9. The summed E-state index contributed by atoms with van der Waals surface area (Å²) in [6.07, 6.45) is -0.980. The smallest absolute Gasteiger partial charge is 0.305 e. The Kier molecular flexibility index (Phi) is 26.8. The van der Waals surface area contributed by atoms with Crippen molar-refractivity contribution in [2.45, 2.75) is 117 Å². The van der Waals surface area contributed by atoms with Crippen LogP contribution in [-0.2, 0) is 51.4 Å². The fraction of sp³-hybridized carbons (Fsp3) is 0.400. The largest absolute Gasteiger partial charge is 0.482 e. The number of allylic oxidation sites excluding steroid dienone is 2. The number of nitrogens with two attached hydrogens (primary N) is 1. The van der Waals surface area contributed by atoms with Crippen molar-refractivity contribution in [2.24, 2.45) is 17.6 Å². The highest BCUT2D eigenvalue weighted by Gasteiger charge is 2.32. The number of hydrogen-bond acceptors (Lipinski definition) is 13. The van der Waals surface area contributed by atoms with Crippen LogP contribution < -0.4 is 47.1 Å². The first-order valence-corrected chi connectivity index (χ1v) is 26.8. The van der Waals surface area contributed by atoms with Gasteiger partial charge in [0.2, 0.25) is 29.5 Å². The van der Waals surface area contributed by atoms with Gasteiger partial charge in [-0.05, 0) is 96.2 Å². The molecule has 4 atom stereocenters. The lowest BCUT2D eigenvalue weighted by Crippen LogP contribution is -2.55. The summed E-state index contributed by atoms with van der Waals surface area (Å²) in [5.41, 5.74) is 6.91. The number of nitrogens with one attached hydrogen (secondary N) is 6. The van der Waals surface area contributed by atoms with Crippen molar-refractivity contribution >= 4 is 111 Å². The first-order valence-electron chi connectivity index (χ1n) is 25.3. The number of halogens is 4. The number of carbonyl (C=O) groups is 11. The van der Waals surface area contributed by atoms with E-state index < -0.39 is 115 Å². The molecule has 0 fully saturated rings. The highest BCUT2D eigenvalue weighted by atomic mass is 35.5. The van der Waals surface area contributed by atoms with Crippen LogP contribution in [0, 0.1) is 11.8 Å². The monoisotopic (exact) mass is 1200 g/mol. The van der Waals surface area contributed by atoms with E-state index in [-0.39, 0.29) is 97.2 Å². The van der Waals surface area contributed by atoms with Crippen molar-refractivity contribution < 1.29 is 72.4 Å². The van der Waals surface area contributed by atoms with E-state index in [9.17, 15) is 63.0 Å². The van der Waals surface area contributed by atoms with Gasteiger partial charge >= 0.3 is 11.9 Å². The zero-order chi connectivity index (χ0) is 61.0. The fourth-order valence-electron chi connectivity index (χ4n) is 7.55. The number of ether oxygens (including phenoxy) is 2. The van der Waals surface area contributed by atoms with Gasteiger partial charge in [-0.1, -0.05) is 107 Å². The zero-order valence-corrected chi connectivity index (χ0v) is 48.3. The molecule has 0 unspecified atom stereocenters. The van der Waals surface area contributed by atoms with Crippen LogP contribution >= 0.6 is 46.4 Å². The molecule has 7 amide bonds. The maximum absolute atomic E-state index is 13.7. The van der Waals surface area contributed by atoms with Crippen molar-refractivity contribution in [1.82, 2.24) is 31.9 Å². The topological polar surface area (TPSA) is 345 Å². The number of amides is 7. The van der Waals surface area contributed by atoms with E-state index >= 15 is 0 Å². The molecule has 10 N–H and O–H groups in total. The van der Waals surface area contributed by atoms with Gasteiger partial charge in [0.25, 0.3) is 11.8 Å². The molecule has 26 heteroatoms. The summed E-state index contributed by atoms with van der Waals surface area (Å²) in [6, 6.07) is 3.61. The van der Waals surface area contributed by atoms with Gasteiger partial charge < -0.3 is 57.3 Å². The second-order valence-corrected chi connectivity index (χ2v) is 20.8. The van der Waals surface area contributed by atoms with Gasteiger partial charge in [0, 0.05) is 29.8 Å². The van der Waals surface area contributed by atoms with Gasteiger partial charge in [0.05, 0.1) is 22.9 Å². The number of benzene rings is 3. The normalized spacial score (nSPS) is 12.4. The molecule has 3 rings (SSSR count). The van der Waals surface area contributed by atoms with Crippen molar-refractivity contribution in [3.05, 3.63) is 115 Å². The summed E-state index contributed by atoms with van der Waals surface area (Å²) in [7, 11) is 0. The first kappa shape index (κ1) is 67.7. The van der Waals surface area contributed by atoms with E-state index in [0.717, 1.165) is 0 Å². The van der Waals surface area contributed by atoms with Crippen LogP contribution in [0.5, 0.6) is 11.5 Å². The van der Waals surface area contributed by atoms with E-state index in [1.807, 2.05) is 0 Å².